The van der Waals surface area contributed by atoms with Gasteiger partial charge in [0.2, 0.25) is 0 Å². The Labute approximate surface area is 126 Å². The Morgan fingerprint density at radius 3 is 2.57 bits per heavy atom. The largest absolute Gasteiger partial charge is 0.497 e. The van der Waals surface area contributed by atoms with Gasteiger partial charge >= 0.3 is 0 Å². The summed E-state index contributed by atoms with van der Waals surface area (Å²) in [5, 5.41) is 3.21. The zero-order valence-electron chi connectivity index (χ0n) is 12.9. The number of rotatable bonds is 9. The molecule has 0 aliphatic carbocycles. The van der Waals surface area contributed by atoms with Gasteiger partial charge in [-0.15, -0.1) is 0 Å². The molecule has 0 aliphatic heterocycles. The fourth-order valence-corrected chi connectivity index (χ4v) is 3.08. The van der Waals surface area contributed by atoms with E-state index >= 15 is 0 Å². The van der Waals surface area contributed by atoms with Crippen molar-refractivity contribution in [3.05, 3.63) is 29.6 Å². The molecule has 21 heavy (non-hydrogen) atoms. The van der Waals surface area contributed by atoms with Crippen LogP contribution in [0.15, 0.2) is 18.2 Å². The maximum Gasteiger partial charge on any atom is 0.150 e. The first-order chi connectivity index (χ1) is 9.93. The van der Waals surface area contributed by atoms with Gasteiger partial charge in [-0.25, -0.2) is 12.8 Å². The molecule has 1 aromatic carbocycles. The third kappa shape index (κ3) is 5.63. The zero-order chi connectivity index (χ0) is 15.9. The highest BCUT2D eigenvalue weighted by molar-refractivity contribution is 7.91. The molecule has 1 N–H and O–H groups in total. The van der Waals surface area contributed by atoms with E-state index in [-0.39, 0.29) is 23.4 Å². The van der Waals surface area contributed by atoms with Crippen LogP contribution >= 0.6 is 0 Å². The molecule has 0 radical (unpaired) electrons. The molecule has 0 saturated carbocycles. The van der Waals surface area contributed by atoms with Gasteiger partial charge < -0.3 is 10.1 Å². The second-order valence-corrected chi connectivity index (χ2v) is 7.35. The van der Waals surface area contributed by atoms with Crippen LogP contribution in [0, 0.1) is 5.82 Å². The van der Waals surface area contributed by atoms with Gasteiger partial charge in [-0.1, -0.05) is 19.9 Å². The van der Waals surface area contributed by atoms with Gasteiger partial charge in [-0.2, -0.15) is 0 Å². The molecule has 0 aromatic heterocycles. The number of sulfone groups is 1. The van der Waals surface area contributed by atoms with Crippen molar-refractivity contribution in [1.29, 1.82) is 0 Å². The summed E-state index contributed by atoms with van der Waals surface area (Å²) in [6.07, 6.45) is 1.09. The minimum Gasteiger partial charge on any atom is -0.497 e. The fraction of sp³-hybridized carbons (Fsp3) is 0.600. The molecule has 0 bridgehead atoms. The third-order valence-electron chi connectivity index (χ3n) is 3.42. The van der Waals surface area contributed by atoms with Crippen LogP contribution in [-0.2, 0) is 9.84 Å². The molecule has 6 heteroatoms. The number of ether oxygens (including phenoxy) is 1. The predicted molar refractivity (Wildman–Crippen MR) is 82.9 cm³/mol. The first-order valence-corrected chi connectivity index (χ1v) is 9.02. The van der Waals surface area contributed by atoms with E-state index in [9.17, 15) is 12.8 Å². The van der Waals surface area contributed by atoms with Gasteiger partial charge in [0.1, 0.15) is 21.4 Å². The SMILES string of the molecule is CCNC(CCCS(=O)(=O)CC)c1ccc(OC)cc1F. The van der Waals surface area contributed by atoms with Crippen LogP contribution in [0.4, 0.5) is 4.39 Å². The molecule has 0 saturated heterocycles. The first kappa shape index (κ1) is 17.9. The van der Waals surface area contributed by atoms with E-state index in [4.69, 9.17) is 4.74 Å². The molecule has 1 unspecified atom stereocenters. The van der Waals surface area contributed by atoms with Crippen molar-refractivity contribution < 1.29 is 17.5 Å². The molecule has 120 valence electrons. The Bertz CT molecular complexity index is 546. The summed E-state index contributed by atoms with van der Waals surface area (Å²) in [7, 11) is -1.48. The predicted octanol–water partition coefficient (Wildman–Crippen LogP) is 2.70. The van der Waals surface area contributed by atoms with Crippen molar-refractivity contribution in [3.63, 3.8) is 0 Å². The first-order valence-electron chi connectivity index (χ1n) is 7.20. The topological polar surface area (TPSA) is 55.4 Å². The van der Waals surface area contributed by atoms with Crippen LogP contribution in [0.25, 0.3) is 0 Å². The van der Waals surface area contributed by atoms with Gasteiger partial charge in [0, 0.05) is 23.4 Å². The van der Waals surface area contributed by atoms with E-state index in [1.165, 1.54) is 13.2 Å². The number of hydrogen-bond acceptors (Lipinski definition) is 4. The Morgan fingerprint density at radius 2 is 2.05 bits per heavy atom. The summed E-state index contributed by atoms with van der Waals surface area (Å²) < 4.78 is 42.1. The van der Waals surface area contributed by atoms with E-state index in [1.54, 1.807) is 19.1 Å². The lowest BCUT2D eigenvalue weighted by molar-refractivity contribution is 0.408. The normalized spacial score (nSPS) is 13.1. The highest BCUT2D eigenvalue weighted by Crippen LogP contribution is 2.25. The van der Waals surface area contributed by atoms with Crippen molar-refractivity contribution in [2.24, 2.45) is 0 Å². The molecule has 0 heterocycles. The van der Waals surface area contributed by atoms with E-state index in [0.717, 1.165) is 0 Å². The van der Waals surface area contributed by atoms with Crippen molar-refractivity contribution in [2.45, 2.75) is 32.7 Å². The average molecular weight is 317 g/mol. The Balaban J connectivity index is 2.77. The standard InChI is InChI=1S/C15H24FNO3S/c1-4-17-15(7-6-10-21(18,19)5-2)13-9-8-12(20-3)11-14(13)16/h8-9,11,15,17H,4-7,10H2,1-3H3. The van der Waals surface area contributed by atoms with Gasteiger partial charge in [-0.05, 0) is 25.5 Å². The molecule has 4 nitrogen and oxygen atoms in total. The molecular weight excluding hydrogens is 293 g/mol. The van der Waals surface area contributed by atoms with Gasteiger partial charge in [0.25, 0.3) is 0 Å². The smallest absolute Gasteiger partial charge is 0.150 e. The average Bonchev–Trinajstić information content (AvgIpc) is 2.46. The highest BCUT2D eigenvalue weighted by atomic mass is 32.2. The summed E-state index contributed by atoms with van der Waals surface area (Å²) in [5.74, 6) is 0.428. The van der Waals surface area contributed by atoms with E-state index in [2.05, 4.69) is 5.32 Å². The van der Waals surface area contributed by atoms with E-state index < -0.39 is 9.84 Å². The van der Waals surface area contributed by atoms with Crippen LogP contribution in [-0.4, -0.2) is 33.6 Å². The summed E-state index contributed by atoms with van der Waals surface area (Å²) >= 11 is 0. The van der Waals surface area contributed by atoms with Crippen molar-refractivity contribution in [1.82, 2.24) is 5.32 Å². The lowest BCUT2D eigenvalue weighted by Crippen LogP contribution is -2.23. The number of benzene rings is 1. The van der Waals surface area contributed by atoms with Crippen molar-refractivity contribution in [3.8, 4) is 5.75 Å². The molecule has 0 amide bonds. The van der Waals surface area contributed by atoms with Gasteiger partial charge in [-0.3, -0.25) is 0 Å². The molecular formula is C15H24FNO3S. The molecule has 0 aliphatic rings. The van der Waals surface area contributed by atoms with Crippen LogP contribution in [0.5, 0.6) is 5.75 Å². The van der Waals surface area contributed by atoms with Crippen LogP contribution in [0.1, 0.15) is 38.3 Å². The molecule has 0 fully saturated rings. The second-order valence-electron chi connectivity index (χ2n) is 4.88. The minimum atomic E-state index is -2.97. The van der Waals surface area contributed by atoms with Crippen LogP contribution in [0.2, 0.25) is 0 Å². The Kier molecular flexibility index (Phi) is 7.11. The number of hydrogen-bond donors (Lipinski definition) is 1. The summed E-state index contributed by atoms with van der Waals surface area (Å²) in [5.41, 5.74) is 0.548. The van der Waals surface area contributed by atoms with Crippen molar-refractivity contribution in [2.75, 3.05) is 25.2 Å². The fourth-order valence-electron chi connectivity index (χ4n) is 2.18. The quantitative estimate of drug-likeness (QED) is 0.761. The van der Waals surface area contributed by atoms with E-state index in [1.807, 2.05) is 6.92 Å². The maximum absolute atomic E-state index is 14.1. The lowest BCUT2D eigenvalue weighted by atomic mass is 10.0. The molecule has 1 rings (SSSR count). The maximum atomic E-state index is 14.1. The molecule has 0 spiro atoms. The minimum absolute atomic E-state index is 0.142. The lowest BCUT2D eigenvalue weighted by Gasteiger charge is -2.19. The number of methoxy groups -OCH3 is 1. The highest BCUT2D eigenvalue weighted by Gasteiger charge is 2.17. The van der Waals surface area contributed by atoms with Crippen molar-refractivity contribution >= 4 is 9.84 Å². The van der Waals surface area contributed by atoms with Gasteiger partial charge in [0.15, 0.2) is 0 Å². The summed E-state index contributed by atoms with van der Waals surface area (Å²) in [6.45, 7) is 4.27. The summed E-state index contributed by atoms with van der Waals surface area (Å²) in [4.78, 5) is 0. The van der Waals surface area contributed by atoms with Gasteiger partial charge in [0.05, 0.1) is 12.9 Å². The number of nitrogens with one attached hydrogen (secondary N) is 1. The van der Waals surface area contributed by atoms with Crippen LogP contribution in [0.3, 0.4) is 0 Å². The second kappa shape index (κ2) is 8.34. The Morgan fingerprint density at radius 1 is 1.33 bits per heavy atom. The third-order valence-corrected chi connectivity index (χ3v) is 5.21. The summed E-state index contributed by atoms with van der Waals surface area (Å²) in [6, 6.07) is 4.57. The monoisotopic (exact) mass is 317 g/mol. The molecule has 1 aromatic rings. The van der Waals surface area contributed by atoms with E-state index in [0.29, 0.717) is 30.7 Å². The zero-order valence-corrected chi connectivity index (χ0v) is 13.7. The van der Waals surface area contributed by atoms with Crippen LogP contribution < -0.4 is 10.1 Å². The number of halogens is 1. The Hall–Kier alpha value is -1.14. The molecule has 1 atom stereocenters.